The largest absolute Gasteiger partial charge is 0.444 e. The van der Waals surface area contributed by atoms with E-state index in [1.807, 2.05) is 0 Å². The van der Waals surface area contributed by atoms with Crippen LogP contribution < -0.4 is 5.73 Å². The van der Waals surface area contributed by atoms with E-state index in [1.54, 1.807) is 20.8 Å². The Balaban J connectivity index is 2.15. The Morgan fingerprint density at radius 2 is 1.67 bits per heavy atom. The number of hydrogen-bond donors (Lipinski definition) is 1. The number of anilines is 1. The van der Waals surface area contributed by atoms with E-state index in [0.717, 1.165) is 16.4 Å². The molecule has 1 saturated heterocycles. The van der Waals surface area contributed by atoms with Gasteiger partial charge in [0.25, 0.3) is 0 Å². The topological polar surface area (TPSA) is 92.9 Å². The van der Waals surface area contributed by atoms with E-state index in [0.29, 0.717) is 6.07 Å². The number of piperazine rings is 1. The molecule has 0 aromatic heterocycles. The van der Waals surface area contributed by atoms with Crippen LogP contribution in [-0.2, 0) is 20.9 Å². The first kappa shape index (κ1) is 21.3. The maximum absolute atomic E-state index is 13.0. The first-order valence-corrected chi connectivity index (χ1v) is 9.60. The number of carbonyl (C=O) groups is 1. The Kier molecular flexibility index (Phi) is 5.67. The van der Waals surface area contributed by atoms with Crippen molar-refractivity contribution in [3.63, 3.8) is 0 Å². The molecule has 11 heteroatoms. The van der Waals surface area contributed by atoms with Crippen LogP contribution in [0.4, 0.5) is 23.7 Å². The van der Waals surface area contributed by atoms with Crippen LogP contribution in [0.25, 0.3) is 0 Å². The van der Waals surface area contributed by atoms with Crippen LogP contribution >= 0.6 is 0 Å². The summed E-state index contributed by atoms with van der Waals surface area (Å²) in [6.45, 7) is 5.20. The molecule has 0 aliphatic carbocycles. The first-order valence-electron chi connectivity index (χ1n) is 8.16. The van der Waals surface area contributed by atoms with Crippen LogP contribution in [0.2, 0.25) is 0 Å². The Morgan fingerprint density at radius 1 is 1.11 bits per heavy atom. The molecule has 0 atom stereocenters. The summed E-state index contributed by atoms with van der Waals surface area (Å²) in [4.78, 5) is 12.9. The van der Waals surface area contributed by atoms with Crippen molar-refractivity contribution in [2.75, 3.05) is 31.9 Å². The summed E-state index contributed by atoms with van der Waals surface area (Å²) < 4.78 is 70.6. The number of nitrogens with two attached hydrogens (primary N) is 1. The van der Waals surface area contributed by atoms with E-state index in [-0.39, 0.29) is 26.2 Å². The van der Waals surface area contributed by atoms with Gasteiger partial charge < -0.3 is 15.4 Å². The summed E-state index contributed by atoms with van der Waals surface area (Å²) in [5.74, 6) is 0. The van der Waals surface area contributed by atoms with Gasteiger partial charge in [-0.2, -0.15) is 17.5 Å². The second-order valence-electron chi connectivity index (χ2n) is 7.12. The number of sulfonamides is 1. The number of amides is 1. The summed E-state index contributed by atoms with van der Waals surface area (Å²) in [6, 6.07) is 2.50. The molecule has 0 saturated carbocycles. The van der Waals surface area contributed by atoms with Gasteiger partial charge in [0.2, 0.25) is 10.0 Å². The number of benzene rings is 1. The number of halogens is 3. The highest BCUT2D eigenvalue weighted by Crippen LogP contribution is 2.35. The van der Waals surface area contributed by atoms with E-state index in [9.17, 15) is 26.4 Å². The van der Waals surface area contributed by atoms with E-state index in [2.05, 4.69) is 0 Å². The summed E-state index contributed by atoms with van der Waals surface area (Å²) in [5, 5.41) is 0. The van der Waals surface area contributed by atoms with Crippen LogP contribution in [0.1, 0.15) is 26.3 Å². The van der Waals surface area contributed by atoms with Gasteiger partial charge in [0.15, 0.2) is 0 Å². The molecule has 0 unspecified atom stereocenters. The molecular weight excluding hydrogens is 387 g/mol. The minimum atomic E-state index is -4.76. The Bertz CT molecular complexity index is 811. The monoisotopic (exact) mass is 409 g/mol. The molecule has 1 aliphatic heterocycles. The van der Waals surface area contributed by atoms with Crippen LogP contribution in [0.5, 0.6) is 0 Å². The molecular formula is C16H22F3N3O4S. The Hall–Kier alpha value is -2.01. The Labute approximate surface area is 155 Å². The molecule has 1 aromatic rings. The normalized spacial score (nSPS) is 17.0. The molecule has 0 spiro atoms. The van der Waals surface area contributed by atoms with Crippen molar-refractivity contribution < 1.29 is 31.1 Å². The number of carbonyl (C=O) groups excluding carboxylic acids is 1. The van der Waals surface area contributed by atoms with Gasteiger partial charge in [-0.1, -0.05) is 0 Å². The minimum absolute atomic E-state index is 0.0483. The van der Waals surface area contributed by atoms with E-state index < -0.39 is 44.0 Å². The standard InChI is InChI=1S/C16H22F3N3O4S/c1-15(2,3)26-14(23)21-6-8-22(9-7-21)27(24,25)11-4-5-13(20)12(10-11)16(17,18)19/h4-5,10H,6-9,20H2,1-3H3. The summed E-state index contributed by atoms with van der Waals surface area (Å²) >= 11 is 0. The van der Waals surface area contributed by atoms with Gasteiger partial charge in [-0.25, -0.2) is 13.2 Å². The molecule has 27 heavy (non-hydrogen) atoms. The number of nitrogen functional groups attached to an aromatic ring is 1. The predicted molar refractivity (Wildman–Crippen MR) is 92.4 cm³/mol. The molecule has 0 bridgehead atoms. The molecule has 152 valence electrons. The highest BCUT2D eigenvalue weighted by Gasteiger charge is 2.36. The SMILES string of the molecule is CC(C)(C)OC(=O)N1CCN(S(=O)(=O)c2ccc(N)c(C(F)(F)F)c2)CC1. The maximum atomic E-state index is 13.0. The lowest BCUT2D eigenvalue weighted by molar-refractivity contribution is -0.137. The second-order valence-corrected chi connectivity index (χ2v) is 9.06. The van der Waals surface area contributed by atoms with E-state index in [1.165, 1.54) is 4.90 Å². The van der Waals surface area contributed by atoms with Gasteiger partial charge in [0.1, 0.15) is 5.60 Å². The molecule has 1 heterocycles. The zero-order valence-corrected chi connectivity index (χ0v) is 16.0. The van der Waals surface area contributed by atoms with E-state index in [4.69, 9.17) is 10.5 Å². The van der Waals surface area contributed by atoms with Gasteiger partial charge in [-0.3, -0.25) is 0 Å². The van der Waals surface area contributed by atoms with Crippen LogP contribution in [0.3, 0.4) is 0 Å². The first-order chi connectivity index (χ1) is 12.2. The van der Waals surface area contributed by atoms with Crippen molar-refractivity contribution in [3.8, 4) is 0 Å². The summed E-state index contributed by atoms with van der Waals surface area (Å²) in [6.07, 6.45) is -5.32. The molecule has 1 amide bonds. The molecule has 2 N–H and O–H groups in total. The van der Waals surface area contributed by atoms with E-state index >= 15 is 0 Å². The zero-order valence-electron chi connectivity index (χ0n) is 15.2. The molecule has 7 nitrogen and oxygen atoms in total. The third-order valence-corrected chi connectivity index (χ3v) is 5.75. The smallest absolute Gasteiger partial charge is 0.418 e. The Morgan fingerprint density at radius 3 is 2.15 bits per heavy atom. The minimum Gasteiger partial charge on any atom is -0.444 e. The van der Waals surface area contributed by atoms with Gasteiger partial charge >= 0.3 is 12.3 Å². The highest BCUT2D eigenvalue weighted by molar-refractivity contribution is 7.89. The van der Waals surface area contributed by atoms with Gasteiger partial charge in [-0.15, -0.1) is 0 Å². The molecule has 1 fully saturated rings. The molecule has 1 aromatic carbocycles. The number of rotatable bonds is 2. The number of hydrogen-bond acceptors (Lipinski definition) is 5. The third-order valence-electron chi connectivity index (χ3n) is 3.86. The molecule has 0 radical (unpaired) electrons. The van der Waals surface area contributed by atoms with Gasteiger partial charge in [-0.05, 0) is 39.0 Å². The second kappa shape index (κ2) is 7.19. The number of ether oxygens (including phenoxy) is 1. The van der Waals surface area contributed by atoms with Gasteiger partial charge in [0, 0.05) is 31.9 Å². The molecule has 2 rings (SSSR count). The lowest BCUT2D eigenvalue weighted by Crippen LogP contribution is -2.51. The summed E-state index contributed by atoms with van der Waals surface area (Å²) in [5.41, 5.74) is 2.89. The van der Waals surface area contributed by atoms with Crippen molar-refractivity contribution in [1.82, 2.24) is 9.21 Å². The summed E-state index contributed by atoms with van der Waals surface area (Å²) in [7, 11) is -4.15. The van der Waals surface area contributed by atoms with Crippen molar-refractivity contribution in [2.24, 2.45) is 0 Å². The van der Waals surface area contributed by atoms with Gasteiger partial charge in [0.05, 0.1) is 10.5 Å². The maximum Gasteiger partial charge on any atom is 0.418 e. The van der Waals surface area contributed by atoms with Crippen molar-refractivity contribution in [3.05, 3.63) is 23.8 Å². The number of alkyl halides is 3. The fourth-order valence-corrected chi connectivity index (χ4v) is 3.98. The fraction of sp³-hybridized carbons (Fsp3) is 0.562. The number of nitrogens with zero attached hydrogens (tertiary/aromatic N) is 2. The average Bonchev–Trinajstić information content (AvgIpc) is 2.52. The van der Waals surface area contributed by atoms with Crippen LogP contribution in [0, 0.1) is 0 Å². The lowest BCUT2D eigenvalue weighted by atomic mass is 10.2. The lowest BCUT2D eigenvalue weighted by Gasteiger charge is -2.35. The average molecular weight is 409 g/mol. The van der Waals surface area contributed by atoms with Crippen molar-refractivity contribution >= 4 is 21.8 Å². The highest BCUT2D eigenvalue weighted by atomic mass is 32.2. The van der Waals surface area contributed by atoms with Crippen molar-refractivity contribution in [2.45, 2.75) is 37.4 Å². The molecule has 1 aliphatic rings. The van der Waals surface area contributed by atoms with Crippen LogP contribution in [-0.4, -0.2) is 55.5 Å². The third kappa shape index (κ3) is 5.04. The quantitative estimate of drug-likeness (QED) is 0.758. The predicted octanol–water partition coefficient (Wildman–Crippen LogP) is 2.53. The fourth-order valence-electron chi connectivity index (χ4n) is 2.53. The van der Waals surface area contributed by atoms with Crippen molar-refractivity contribution in [1.29, 1.82) is 0 Å². The zero-order chi connectivity index (χ0) is 20.6. The van der Waals surface area contributed by atoms with Crippen LogP contribution in [0.15, 0.2) is 23.1 Å².